The molecule has 0 spiro atoms. The molecule has 0 bridgehead atoms. The fourth-order valence-corrected chi connectivity index (χ4v) is 3.32. The molecule has 0 aliphatic carbocycles. The first-order valence-corrected chi connectivity index (χ1v) is 7.14. The Morgan fingerprint density at radius 1 is 1.17 bits per heavy atom. The maximum absolute atomic E-state index is 3.44. The van der Waals surface area contributed by atoms with Crippen molar-refractivity contribution >= 4 is 0 Å². The molecule has 0 amide bonds. The first-order valence-electron chi connectivity index (χ1n) is 7.14. The Morgan fingerprint density at radius 2 is 1.83 bits per heavy atom. The van der Waals surface area contributed by atoms with Gasteiger partial charge >= 0.3 is 0 Å². The van der Waals surface area contributed by atoms with Gasteiger partial charge in [0.1, 0.15) is 0 Å². The normalized spacial score (nSPS) is 25.9. The van der Waals surface area contributed by atoms with E-state index < -0.39 is 0 Å². The lowest BCUT2D eigenvalue weighted by Crippen LogP contribution is -2.50. The van der Waals surface area contributed by atoms with Crippen LogP contribution in [0.1, 0.15) is 27.7 Å². The van der Waals surface area contributed by atoms with Crippen LogP contribution in [0.4, 0.5) is 0 Å². The second-order valence-corrected chi connectivity index (χ2v) is 5.87. The van der Waals surface area contributed by atoms with Crippen LogP contribution in [0.2, 0.25) is 0 Å². The molecule has 1 unspecified atom stereocenters. The van der Waals surface area contributed by atoms with Gasteiger partial charge in [0.05, 0.1) is 0 Å². The van der Waals surface area contributed by atoms with Crippen molar-refractivity contribution in [3.05, 3.63) is 11.6 Å². The number of nitrogens with zero attached hydrogens (tertiary/aromatic N) is 2. The smallest absolute Gasteiger partial charge is 0.0489 e. The summed E-state index contributed by atoms with van der Waals surface area (Å²) >= 11 is 0. The second-order valence-electron chi connectivity index (χ2n) is 5.87. The van der Waals surface area contributed by atoms with Crippen LogP contribution in [0.15, 0.2) is 11.6 Å². The molecule has 1 atom stereocenters. The first-order chi connectivity index (χ1) is 8.57. The SMILES string of the molecule is C/C=C(/C(C)N1CCNC1)C(C)(C)N1CCNC1. The molecule has 0 saturated carbocycles. The fourth-order valence-electron chi connectivity index (χ4n) is 3.32. The van der Waals surface area contributed by atoms with Gasteiger partial charge in [-0.1, -0.05) is 6.08 Å². The molecule has 0 aromatic rings. The number of rotatable bonds is 4. The Hall–Kier alpha value is -0.420. The molecule has 0 aromatic heterocycles. The van der Waals surface area contributed by atoms with E-state index in [9.17, 15) is 0 Å². The summed E-state index contributed by atoms with van der Waals surface area (Å²) in [6.07, 6.45) is 2.32. The van der Waals surface area contributed by atoms with Gasteiger partial charge in [-0.05, 0) is 33.3 Å². The summed E-state index contributed by atoms with van der Waals surface area (Å²) in [5.74, 6) is 0. The Bertz CT molecular complexity index is 299. The van der Waals surface area contributed by atoms with E-state index in [0.29, 0.717) is 6.04 Å². The van der Waals surface area contributed by atoms with Gasteiger partial charge in [-0.2, -0.15) is 0 Å². The van der Waals surface area contributed by atoms with Crippen LogP contribution in [-0.4, -0.2) is 60.9 Å². The van der Waals surface area contributed by atoms with E-state index in [4.69, 9.17) is 0 Å². The van der Waals surface area contributed by atoms with Gasteiger partial charge in [0.15, 0.2) is 0 Å². The summed E-state index contributed by atoms with van der Waals surface area (Å²) in [7, 11) is 0. The van der Waals surface area contributed by atoms with Crippen LogP contribution in [0.5, 0.6) is 0 Å². The molecule has 0 radical (unpaired) electrons. The van der Waals surface area contributed by atoms with Crippen molar-refractivity contribution < 1.29 is 0 Å². The predicted molar refractivity (Wildman–Crippen MR) is 76.4 cm³/mol. The average Bonchev–Trinajstić information content (AvgIpc) is 3.03. The molecule has 4 heteroatoms. The molecule has 0 aromatic carbocycles. The monoisotopic (exact) mass is 252 g/mol. The van der Waals surface area contributed by atoms with Crippen molar-refractivity contribution in [2.24, 2.45) is 0 Å². The number of hydrogen-bond donors (Lipinski definition) is 2. The molecule has 104 valence electrons. The zero-order valence-corrected chi connectivity index (χ0v) is 12.3. The molecule has 2 fully saturated rings. The van der Waals surface area contributed by atoms with E-state index in [2.05, 4.69) is 54.2 Å². The van der Waals surface area contributed by atoms with Crippen molar-refractivity contribution in [3.8, 4) is 0 Å². The van der Waals surface area contributed by atoms with Gasteiger partial charge in [-0.3, -0.25) is 9.80 Å². The lowest BCUT2D eigenvalue weighted by Gasteiger charge is -2.42. The highest BCUT2D eigenvalue weighted by atomic mass is 15.3. The van der Waals surface area contributed by atoms with E-state index >= 15 is 0 Å². The molecular weight excluding hydrogens is 224 g/mol. The van der Waals surface area contributed by atoms with E-state index in [0.717, 1.165) is 39.5 Å². The van der Waals surface area contributed by atoms with Crippen LogP contribution in [-0.2, 0) is 0 Å². The van der Waals surface area contributed by atoms with Crippen LogP contribution < -0.4 is 10.6 Å². The maximum Gasteiger partial charge on any atom is 0.0489 e. The predicted octanol–water partition coefficient (Wildman–Crippen LogP) is 0.825. The molecule has 2 N–H and O–H groups in total. The topological polar surface area (TPSA) is 30.5 Å². The van der Waals surface area contributed by atoms with Crippen LogP contribution in [0.3, 0.4) is 0 Å². The zero-order valence-electron chi connectivity index (χ0n) is 12.3. The van der Waals surface area contributed by atoms with Crippen LogP contribution in [0.25, 0.3) is 0 Å². The van der Waals surface area contributed by atoms with Crippen molar-refractivity contribution in [3.63, 3.8) is 0 Å². The Balaban J connectivity index is 2.11. The Labute approximate surface area is 111 Å². The van der Waals surface area contributed by atoms with Gasteiger partial charge in [0.2, 0.25) is 0 Å². The molecule has 2 aliphatic rings. The molecule has 2 rings (SSSR count). The number of nitrogens with one attached hydrogen (secondary N) is 2. The third kappa shape index (κ3) is 2.62. The highest BCUT2D eigenvalue weighted by Gasteiger charge is 2.36. The second kappa shape index (κ2) is 5.70. The Morgan fingerprint density at radius 3 is 2.33 bits per heavy atom. The Kier molecular flexibility index (Phi) is 4.43. The standard InChI is InChI=1S/C14H28N4/c1-5-13(12(2)17-8-6-15-10-17)14(3,4)18-9-7-16-11-18/h5,12,15-16H,6-11H2,1-4H3/b13-5-. The highest BCUT2D eigenvalue weighted by Crippen LogP contribution is 2.29. The van der Waals surface area contributed by atoms with Gasteiger partial charge in [0.25, 0.3) is 0 Å². The first kappa shape index (κ1) is 14.0. The summed E-state index contributed by atoms with van der Waals surface area (Å²) in [5.41, 5.74) is 1.68. The van der Waals surface area contributed by atoms with Crippen molar-refractivity contribution in [1.82, 2.24) is 20.4 Å². The van der Waals surface area contributed by atoms with Gasteiger partial charge in [-0.25, -0.2) is 0 Å². The van der Waals surface area contributed by atoms with Gasteiger partial charge in [-0.15, -0.1) is 0 Å². The number of hydrogen-bond acceptors (Lipinski definition) is 4. The molecule has 2 aliphatic heterocycles. The van der Waals surface area contributed by atoms with Crippen LogP contribution in [0, 0.1) is 0 Å². The highest BCUT2D eigenvalue weighted by molar-refractivity contribution is 5.23. The minimum atomic E-state index is 0.139. The van der Waals surface area contributed by atoms with Crippen molar-refractivity contribution in [2.75, 3.05) is 39.5 Å². The molecule has 4 nitrogen and oxygen atoms in total. The average molecular weight is 252 g/mol. The summed E-state index contributed by atoms with van der Waals surface area (Å²) in [6, 6.07) is 0.514. The molecule has 18 heavy (non-hydrogen) atoms. The van der Waals surface area contributed by atoms with Gasteiger partial charge in [0, 0.05) is 51.1 Å². The van der Waals surface area contributed by atoms with Crippen LogP contribution >= 0.6 is 0 Å². The third-order valence-electron chi connectivity index (χ3n) is 4.56. The summed E-state index contributed by atoms with van der Waals surface area (Å²) in [6.45, 7) is 15.8. The number of allylic oxidation sites excluding steroid dienone is 1. The third-order valence-corrected chi connectivity index (χ3v) is 4.56. The minimum absolute atomic E-state index is 0.139. The van der Waals surface area contributed by atoms with E-state index in [1.165, 1.54) is 5.57 Å². The fraction of sp³-hybridized carbons (Fsp3) is 0.857. The quantitative estimate of drug-likeness (QED) is 0.726. The van der Waals surface area contributed by atoms with Crippen molar-refractivity contribution in [2.45, 2.75) is 39.3 Å². The lowest BCUT2D eigenvalue weighted by atomic mass is 9.86. The molecule has 2 saturated heterocycles. The summed E-state index contributed by atoms with van der Waals surface area (Å²) < 4.78 is 0. The largest absolute Gasteiger partial charge is 0.303 e. The van der Waals surface area contributed by atoms with E-state index in [1.54, 1.807) is 0 Å². The maximum atomic E-state index is 3.44. The van der Waals surface area contributed by atoms with E-state index in [1.807, 2.05) is 0 Å². The van der Waals surface area contributed by atoms with Crippen molar-refractivity contribution in [1.29, 1.82) is 0 Å². The zero-order chi connectivity index (χ0) is 13.2. The minimum Gasteiger partial charge on any atom is -0.303 e. The van der Waals surface area contributed by atoms with E-state index in [-0.39, 0.29) is 5.54 Å². The molecular formula is C14H28N4. The van der Waals surface area contributed by atoms with Gasteiger partial charge < -0.3 is 10.6 Å². The summed E-state index contributed by atoms with van der Waals surface area (Å²) in [5, 5.41) is 6.86. The lowest BCUT2D eigenvalue weighted by molar-refractivity contribution is 0.159. The summed E-state index contributed by atoms with van der Waals surface area (Å²) in [4.78, 5) is 5.07. The molecule has 2 heterocycles.